The second kappa shape index (κ2) is 43.6. The number of hydrogen-bond acceptors (Lipinski definition) is 6. The van der Waals surface area contributed by atoms with Crippen LogP contribution in [0.5, 0.6) is 0 Å². The lowest BCUT2D eigenvalue weighted by Gasteiger charge is -2.18. The third-order valence-corrected chi connectivity index (χ3v) is 11.6. The molecule has 56 heavy (non-hydrogen) atoms. The van der Waals surface area contributed by atoms with Gasteiger partial charge in [0.25, 0.3) is 0 Å². The number of carbonyl (C=O) groups is 2. The standard InChI is InChI=1S/C47H93O8P/c1-3-5-7-9-11-13-15-17-19-21-22-23-24-26-27-29-31-33-35-37-39-41-46(48)53-43-45(44-54-56(50,51)52)55-47(49)42-40-38-36-34-32-30-28-25-20-18-16-14-12-10-8-6-4-2/h45H,3-44H2,1-2H3,(H2,50,51,52)/t45-/m1/s1. The summed E-state index contributed by atoms with van der Waals surface area (Å²) >= 11 is 0. The summed E-state index contributed by atoms with van der Waals surface area (Å²) in [5.74, 6) is -0.862. The summed E-state index contributed by atoms with van der Waals surface area (Å²) in [4.78, 5) is 43.0. The second-order valence-electron chi connectivity index (χ2n) is 16.8. The summed E-state index contributed by atoms with van der Waals surface area (Å²) < 4.78 is 26.5. The topological polar surface area (TPSA) is 119 Å². The number of phosphoric acid groups is 1. The van der Waals surface area contributed by atoms with Crippen molar-refractivity contribution in [1.29, 1.82) is 0 Å². The molecule has 0 rings (SSSR count). The van der Waals surface area contributed by atoms with Crippen LogP contribution >= 0.6 is 7.82 Å². The van der Waals surface area contributed by atoms with E-state index in [9.17, 15) is 14.2 Å². The first-order valence-electron chi connectivity index (χ1n) is 24.3. The molecule has 0 aromatic carbocycles. The third kappa shape index (κ3) is 45.7. The van der Waals surface area contributed by atoms with Crippen LogP contribution in [0.3, 0.4) is 0 Å². The minimum atomic E-state index is -4.75. The molecule has 1 atom stereocenters. The number of unbranched alkanes of at least 4 members (excludes halogenated alkanes) is 36. The molecule has 0 radical (unpaired) electrons. The van der Waals surface area contributed by atoms with Crippen molar-refractivity contribution in [3.8, 4) is 0 Å². The van der Waals surface area contributed by atoms with Gasteiger partial charge < -0.3 is 19.3 Å². The second-order valence-corrected chi connectivity index (χ2v) is 18.0. The smallest absolute Gasteiger partial charge is 0.462 e. The Kier molecular flexibility index (Phi) is 42.9. The van der Waals surface area contributed by atoms with Crippen LogP contribution in [0.25, 0.3) is 0 Å². The molecule has 0 aliphatic rings. The van der Waals surface area contributed by atoms with Gasteiger partial charge in [-0.25, -0.2) is 4.57 Å². The summed E-state index contributed by atoms with van der Waals surface area (Å²) in [6.07, 6.45) is 48.3. The number of rotatable bonds is 46. The van der Waals surface area contributed by atoms with Gasteiger partial charge >= 0.3 is 19.8 Å². The summed E-state index contributed by atoms with van der Waals surface area (Å²) in [5, 5.41) is 0. The number of ether oxygens (including phenoxy) is 2. The van der Waals surface area contributed by atoms with Gasteiger partial charge in [-0.2, -0.15) is 0 Å². The van der Waals surface area contributed by atoms with Crippen LogP contribution < -0.4 is 0 Å². The molecule has 0 saturated heterocycles. The number of hydrogen-bond donors (Lipinski definition) is 2. The summed E-state index contributed by atoms with van der Waals surface area (Å²) in [6.45, 7) is 3.74. The minimum absolute atomic E-state index is 0.221. The Labute approximate surface area is 346 Å². The molecule has 0 aromatic heterocycles. The van der Waals surface area contributed by atoms with E-state index in [2.05, 4.69) is 18.4 Å². The highest BCUT2D eigenvalue weighted by Crippen LogP contribution is 2.36. The predicted molar refractivity (Wildman–Crippen MR) is 235 cm³/mol. The summed E-state index contributed by atoms with van der Waals surface area (Å²) in [6, 6.07) is 0. The molecular weight excluding hydrogens is 723 g/mol. The van der Waals surface area contributed by atoms with Gasteiger partial charge in [0.2, 0.25) is 0 Å². The first kappa shape index (κ1) is 55.0. The van der Waals surface area contributed by atoms with E-state index in [1.165, 1.54) is 205 Å². The summed E-state index contributed by atoms with van der Waals surface area (Å²) in [5.41, 5.74) is 0. The van der Waals surface area contributed by atoms with Crippen molar-refractivity contribution >= 4 is 19.8 Å². The molecule has 0 bridgehead atoms. The lowest BCUT2D eigenvalue weighted by atomic mass is 10.0. The average molecular weight is 817 g/mol. The largest absolute Gasteiger partial charge is 0.469 e. The van der Waals surface area contributed by atoms with Crippen LogP contribution in [0.15, 0.2) is 0 Å². The van der Waals surface area contributed by atoms with Crippen LogP contribution in [0, 0.1) is 0 Å². The van der Waals surface area contributed by atoms with E-state index in [0.717, 1.165) is 32.1 Å². The van der Waals surface area contributed by atoms with E-state index in [0.29, 0.717) is 6.42 Å². The van der Waals surface area contributed by atoms with Gasteiger partial charge in [0.05, 0.1) is 6.61 Å². The fourth-order valence-electron chi connectivity index (χ4n) is 7.49. The Morgan fingerprint density at radius 3 is 0.911 bits per heavy atom. The molecule has 2 N–H and O–H groups in total. The molecule has 0 spiro atoms. The zero-order valence-electron chi connectivity index (χ0n) is 37.1. The molecule has 0 amide bonds. The highest BCUT2D eigenvalue weighted by atomic mass is 31.2. The quantitative estimate of drug-likeness (QED) is 0.0354. The zero-order valence-corrected chi connectivity index (χ0v) is 38.0. The fourth-order valence-corrected chi connectivity index (χ4v) is 7.86. The van der Waals surface area contributed by atoms with Crippen LogP contribution in [0.1, 0.15) is 271 Å². The van der Waals surface area contributed by atoms with Crippen molar-refractivity contribution in [1.82, 2.24) is 0 Å². The Morgan fingerprint density at radius 2 is 0.643 bits per heavy atom. The number of esters is 2. The van der Waals surface area contributed by atoms with Crippen molar-refractivity contribution in [2.75, 3.05) is 13.2 Å². The molecule has 0 unspecified atom stereocenters. The minimum Gasteiger partial charge on any atom is -0.462 e. The van der Waals surface area contributed by atoms with Crippen LogP contribution in [-0.2, 0) is 28.2 Å². The Bertz CT molecular complexity index is 878. The fraction of sp³-hybridized carbons (Fsp3) is 0.957. The molecule has 8 nitrogen and oxygen atoms in total. The first-order valence-corrected chi connectivity index (χ1v) is 25.9. The lowest BCUT2D eigenvalue weighted by Crippen LogP contribution is -2.29. The van der Waals surface area contributed by atoms with Gasteiger partial charge in [0.1, 0.15) is 6.61 Å². The molecule has 0 aliphatic carbocycles. The molecule has 0 aromatic rings. The van der Waals surface area contributed by atoms with Crippen LogP contribution in [-0.4, -0.2) is 41.0 Å². The molecular formula is C47H93O8P. The molecule has 0 aliphatic heterocycles. The maximum Gasteiger partial charge on any atom is 0.469 e. The van der Waals surface area contributed by atoms with E-state index >= 15 is 0 Å². The van der Waals surface area contributed by atoms with Crippen molar-refractivity contribution in [3.05, 3.63) is 0 Å². The highest BCUT2D eigenvalue weighted by Gasteiger charge is 2.23. The maximum atomic E-state index is 12.4. The van der Waals surface area contributed by atoms with Crippen molar-refractivity contribution in [3.63, 3.8) is 0 Å². The number of carbonyl (C=O) groups excluding carboxylic acids is 2. The van der Waals surface area contributed by atoms with E-state index in [-0.39, 0.29) is 19.4 Å². The van der Waals surface area contributed by atoms with Gasteiger partial charge in [0, 0.05) is 12.8 Å². The Morgan fingerprint density at radius 1 is 0.393 bits per heavy atom. The molecule has 0 fully saturated rings. The van der Waals surface area contributed by atoms with Crippen LogP contribution in [0.4, 0.5) is 0 Å². The predicted octanol–water partition coefficient (Wildman–Crippen LogP) is 15.2. The Hall–Kier alpha value is -0.950. The third-order valence-electron chi connectivity index (χ3n) is 11.1. The van der Waals surface area contributed by atoms with Gasteiger partial charge in [-0.05, 0) is 12.8 Å². The van der Waals surface area contributed by atoms with E-state index < -0.39 is 32.5 Å². The number of phosphoric ester groups is 1. The van der Waals surface area contributed by atoms with Gasteiger partial charge in [-0.3, -0.25) is 14.1 Å². The average Bonchev–Trinajstić information content (AvgIpc) is 3.17. The monoisotopic (exact) mass is 817 g/mol. The van der Waals surface area contributed by atoms with Crippen LogP contribution in [0.2, 0.25) is 0 Å². The lowest BCUT2D eigenvalue weighted by molar-refractivity contribution is -0.161. The van der Waals surface area contributed by atoms with E-state index in [4.69, 9.17) is 19.3 Å². The van der Waals surface area contributed by atoms with Crippen molar-refractivity contribution in [2.24, 2.45) is 0 Å². The molecule has 0 saturated carbocycles. The Balaban J connectivity index is 3.77. The molecule has 334 valence electrons. The van der Waals surface area contributed by atoms with Gasteiger partial charge in [0.15, 0.2) is 6.10 Å². The maximum absolute atomic E-state index is 12.4. The van der Waals surface area contributed by atoms with Crippen molar-refractivity contribution < 1.29 is 37.9 Å². The molecule has 0 heterocycles. The van der Waals surface area contributed by atoms with Gasteiger partial charge in [-0.15, -0.1) is 0 Å². The van der Waals surface area contributed by atoms with E-state index in [1.807, 2.05) is 0 Å². The normalized spacial score (nSPS) is 12.3. The first-order chi connectivity index (χ1) is 27.3. The van der Waals surface area contributed by atoms with Gasteiger partial charge in [-0.1, -0.05) is 245 Å². The SMILES string of the molecule is CCCCCCCCCCCCCCCCCCCCCCCC(=O)OC[C@H](COP(=O)(O)O)OC(=O)CCCCCCCCCCCCCCCCCCC. The zero-order chi connectivity index (χ0) is 41.1. The van der Waals surface area contributed by atoms with Crippen molar-refractivity contribution in [2.45, 2.75) is 277 Å². The highest BCUT2D eigenvalue weighted by molar-refractivity contribution is 7.46. The molecule has 9 heteroatoms. The summed E-state index contributed by atoms with van der Waals surface area (Å²) in [7, 11) is -4.75. The van der Waals surface area contributed by atoms with E-state index in [1.54, 1.807) is 0 Å².